The van der Waals surface area contributed by atoms with E-state index in [0.717, 1.165) is 5.56 Å². The molecular weight excluding hydrogens is 430 g/mol. The van der Waals surface area contributed by atoms with Crippen molar-refractivity contribution in [2.24, 2.45) is 0 Å². The number of benzene rings is 2. The lowest BCUT2D eigenvalue weighted by Gasteiger charge is -2.09. The Hall–Kier alpha value is -4.05. The first-order chi connectivity index (χ1) is 15.5. The summed E-state index contributed by atoms with van der Waals surface area (Å²) in [5.74, 6) is 0.479. The van der Waals surface area contributed by atoms with Gasteiger partial charge in [-0.2, -0.15) is 10.2 Å². The number of nitrogens with zero attached hydrogens (tertiary/aromatic N) is 4. The van der Waals surface area contributed by atoms with Crippen molar-refractivity contribution in [3.8, 4) is 5.88 Å². The summed E-state index contributed by atoms with van der Waals surface area (Å²) in [6.45, 7) is 0.230. The smallest absolute Gasteiger partial charge is 0.274 e. The van der Waals surface area contributed by atoms with Gasteiger partial charge in [-0.05, 0) is 35.9 Å². The molecule has 9 nitrogen and oxygen atoms in total. The van der Waals surface area contributed by atoms with Crippen molar-refractivity contribution in [2.75, 3.05) is 7.11 Å². The van der Waals surface area contributed by atoms with E-state index in [1.54, 1.807) is 30.5 Å². The number of hydrogen-bond acceptors (Lipinski definition) is 7. The van der Waals surface area contributed by atoms with E-state index in [0.29, 0.717) is 27.6 Å². The molecule has 10 heteroatoms. The van der Waals surface area contributed by atoms with Gasteiger partial charge >= 0.3 is 0 Å². The first-order valence-electron chi connectivity index (χ1n) is 9.63. The standard InChI is InChI=1S/C22H17N5O4S/c1-31-21-8-5-14(10-23-21)13-27-22(28)17-7-6-16(9-15(17)11-25-27)32(29,30)20-4-2-3-19-18(20)12-24-26-19/h2-12H,13H2,1H3,(H,24,26). The monoisotopic (exact) mass is 447 g/mol. The molecule has 0 aliphatic carbocycles. The second kappa shape index (κ2) is 7.57. The first kappa shape index (κ1) is 19.9. The molecule has 0 saturated heterocycles. The van der Waals surface area contributed by atoms with Crippen molar-refractivity contribution in [3.05, 3.63) is 83.0 Å². The van der Waals surface area contributed by atoms with Gasteiger partial charge in [-0.15, -0.1) is 0 Å². The largest absolute Gasteiger partial charge is 0.481 e. The Balaban J connectivity index is 1.54. The molecular formula is C22H17N5O4S. The SMILES string of the molecule is COc1ccc(Cn2ncc3cc(S(=O)(=O)c4cccc5[nH]ncc45)ccc3c2=O)cn1. The van der Waals surface area contributed by atoms with Crippen LogP contribution in [0.3, 0.4) is 0 Å². The van der Waals surface area contributed by atoms with E-state index in [2.05, 4.69) is 20.3 Å². The highest BCUT2D eigenvalue weighted by atomic mass is 32.2. The van der Waals surface area contributed by atoms with Gasteiger partial charge in [0.1, 0.15) is 0 Å². The molecule has 2 aromatic carbocycles. The van der Waals surface area contributed by atoms with Crippen LogP contribution < -0.4 is 10.3 Å². The molecule has 0 fully saturated rings. The summed E-state index contributed by atoms with van der Waals surface area (Å²) < 4.78 is 32.9. The quantitative estimate of drug-likeness (QED) is 0.440. The van der Waals surface area contributed by atoms with Crippen LogP contribution in [0.1, 0.15) is 5.56 Å². The second-order valence-corrected chi connectivity index (χ2v) is 9.07. The topological polar surface area (TPSA) is 120 Å². The summed E-state index contributed by atoms with van der Waals surface area (Å²) in [5.41, 5.74) is 1.09. The molecule has 3 heterocycles. The Morgan fingerprint density at radius 3 is 2.69 bits per heavy atom. The lowest BCUT2D eigenvalue weighted by Crippen LogP contribution is -2.23. The average molecular weight is 447 g/mol. The highest BCUT2D eigenvalue weighted by Crippen LogP contribution is 2.28. The third-order valence-electron chi connectivity index (χ3n) is 5.21. The number of pyridine rings is 1. The molecule has 1 N–H and O–H groups in total. The molecule has 160 valence electrons. The molecule has 0 unspecified atom stereocenters. The zero-order chi connectivity index (χ0) is 22.3. The summed E-state index contributed by atoms with van der Waals surface area (Å²) in [7, 11) is -2.29. The first-order valence-corrected chi connectivity index (χ1v) is 11.1. The summed E-state index contributed by atoms with van der Waals surface area (Å²) in [6, 6.07) is 12.9. The van der Waals surface area contributed by atoms with Gasteiger partial charge in [0.2, 0.25) is 15.7 Å². The second-order valence-electron chi connectivity index (χ2n) is 7.16. The van der Waals surface area contributed by atoms with Crippen molar-refractivity contribution < 1.29 is 13.2 Å². The van der Waals surface area contributed by atoms with E-state index in [1.807, 2.05) is 0 Å². The number of aromatic nitrogens is 5. The minimum absolute atomic E-state index is 0.0806. The summed E-state index contributed by atoms with van der Waals surface area (Å²) in [4.78, 5) is 17.3. The van der Waals surface area contributed by atoms with Gasteiger partial charge in [0.25, 0.3) is 5.56 Å². The summed E-state index contributed by atoms with van der Waals surface area (Å²) in [6.07, 6.45) is 4.59. The normalized spacial score (nSPS) is 11.8. The van der Waals surface area contributed by atoms with Gasteiger partial charge < -0.3 is 4.74 Å². The number of H-pyrrole nitrogens is 1. The maximum atomic E-state index is 13.3. The molecule has 5 rings (SSSR count). The number of fused-ring (bicyclic) bond motifs is 2. The molecule has 0 aliphatic rings. The van der Waals surface area contributed by atoms with Crippen LogP contribution in [-0.2, 0) is 16.4 Å². The number of methoxy groups -OCH3 is 1. The van der Waals surface area contributed by atoms with Crippen LogP contribution >= 0.6 is 0 Å². The Morgan fingerprint density at radius 2 is 1.91 bits per heavy atom. The lowest BCUT2D eigenvalue weighted by molar-refractivity contribution is 0.397. The minimum Gasteiger partial charge on any atom is -0.481 e. The Kier molecular flexibility index (Phi) is 4.71. The van der Waals surface area contributed by atoms with E-state index in [-0.39, 0.29) is 21.9 Å². The third kappa shape index (κ3) is 3.30. The molecule has 3 aromatic heterocycles. The van der Waals surface area contributed by atoms with Gasteiger partial charge in [0, 0.05) is 23.0 Å². The van der Waals surface area contributed by atoms with E-state index in [4.69, 9.17) is 4.74 Å². The van der Waals surface area contributed by atoms with Gasteiger partial charge in [-0.3, -0.25) is 9.89 Å². The van der Waals surface area contributed by atoms with Crippen molar-refractivity contribution in [1.82, 2.24) is 25.0 Å². The van der Waals surface area contributed by atoms with Crippen LogP contribution in [0.2, 0.25) is 0 Å². The van der Waals surface area contributed by atoms with Crippen LogP contribution in [0.5, 0.6) is 5.88 Å². The molecule has 0 saturated carbocycles. The minimum atomic E-state index is -3.82. The number of sulfone groups is 1. The van der Waals surface area contributed by atoms with E-state index < -0.39 is 9.84 Å². The number of rotatable bonds is 5. The molecule has 0 amide bonds. The van der Waals surface area contributed by atoms with E-state index in [1.165, 1.54) is 48.5 Å². The molecule has 0 spiro atoms. The highest BCUT2D eigenvalue weighted by molar-refractivity contribution is 7.91. The summed E-state index contributed by atoms with van der Waals surface area (Å²) >= 11 is 0. The number of aromatic amines is 1. The zero-order valence-electron chi connectivity index (χ0n) is 16.9. The fourth-order valence-corrected chi connectivity index (χ4v) is 5.04. The Bertz CT molecular complexity index is 1620. The van der Waals surface area contributed by atoms with Crippen molar-refractivity contribution in [2.45, 2.75) is 16.3 Å². The molecule has 0 bridgehead atoms. The van der Waals surface area contributed by atoms with Crippen LogP contribution in [-0.4, -0.2) is 40.5 Å². The van der Waals surface area contributed by atoms with Crippen molar-refractivity contribution in [1.29, 1.82) is 0 Å². The van der Waals surface area contributed by atoms with Crippen molar-refractivity contribution in [3.63, 3.8) is 0 Å². The predicted molar refractivity (Wildman–Crippen MR) is 117 cm³/mol. The van der Waals surface area contributed by atoms with Crippen LogP contribution in [0.25, 0.3) is 21.7 Å². The fraction of sp³-hybridized carbons (Fsp3) is 0.0909. The molecule has 0 atom stereocenters. The fourth-order valence-electron chi connectivity index (χ4n) is 3.55. The number of nitrogens with one attached hydrogen (secondary N) is 1. The maximum Gasteiger partial charge on any atom is 0.274 e. The van der Waals surface area contributed by atoms with Gasteiger partial charge in [0.05, 0.1) is 46.7 Å². The van der Waals surface area contributed by atoms with E-state index in [9.17, 15) is 13.2 Å². The molecule has 0 radical (unpaired) electrons. The highest BCUT2D eigenvalue weighted by Gasteiger charge is 2.22. The van der Waals surface area contributed by atoms with Crippen LogP contribution in [0.15, 0.2) is 81.7 Å². The molecule has 0 aliphatic heterocycles. The van der Waals surface area contributed by atoms with Gasteiger partial charge in [-0.1, -0.05) is 12.1 Å². The van der Waals surface area contributed by atoms with Crippen molar-refractivity contribution >= 4 is 31.5 Å². The van der Waals surface area contributed by atoms with E-state index >= 15 is 0 Å². The predicted octanol–water partition coefficient (Wildman–Crippen LogP) is 2.56. The number of hydrogen-bond donors (Lipinski definition) is 1. The third-order valence-corrected chi connectivity index (χ3v) is 7.02. The lowest BCUT2D eigenvalue weighted by atomic mass is 10.2. The summed E-state index contributed by atoms with van der Waals surface area (Å²) in [5, 5.41) is 12.2. The number of ether oxygens (including phenoxy) is 1. The molecule has 5 aromatic rings. The van der Waals surface area contributed by atoms with Gasteiger partial charge in [-0.25, -0.2) is 18.1 Å². The Labute approximate surface area is 182 Å². The van der Waals surface area contributed by atoms with Crippen LogP contribution in [0, 0.1) is 0 Å². The molecule has 32 heavy (non-hydrogen) atoms. The Morgan fingerprint density at radius 1 is 1.03 bits per heavy atom. The zero-order valence-corrected chi connectivity index (χ0v) is 17.7. The van der Waals surface area contributed by atoms with Crippen LogP contribution in [0.4, 0.5) is 0 Å². The maximum absolute atomic E-state index is 13.3. The van der Waals surface area contributed by atoms with Gasteiger partial charge in [0.15, 0.2) is 0 Å². The average Bonchev–Trinajstić information content (AvgIpc) is 3.30.